The monoisotopic (exact) mass is 160 g/mol. The number of rotatable bonds is 6. The molecule has 0 saturated carbocycles. The molecule has 0 atom stereocenters. The van der Waals surface area contributed by atoms with Crippen molar-refractivity contribution >= 4 is 17.5 Å². The minimum absolute atomic E-state index is 0.392. The number of hydrogen-bond donors (Lipinski definition) is 0. The Balaban J connectivity index is 2.96. The summed E-state index contributed by atoms with van der Waals surface area (Å²) in [7, 11) is 0. The van der Waals surface area contributed by atoms with Crippen molar-refractivity contribution in [1.29, 1.82) is 0 Å². The van der Waals surface area contributed by atoms with Crippen molar-refractivity contribution in [2.24, 2.45) is 0 Å². The van der Waals surface area contributed by atoms with Crippen molar-refractivity contribution in [2.45, 2.75) is 33.1 Å². The van der Waals surface area contributed by atoms with E-state index in [9.17, 15) is 4.79 Å². The van der Waals surface area contributed by atoms with Gasteiger partial charge < -0.3 is 0 Å². The van der Waals surface area contributed by atoms with Crippen molar-refractivity contribution in [3.63, 3.8) is 0 Å². The summed E-state index contributed by atoms with van der Waals surface area (Å²) >= 11 is 1.88. The van der Waals surface area contributed by atoms with Gasteiger partial charge in [-0.05, 0) is 12.2 Å². The molecular weight excluding hydrogens is 144 g/mol. The van der Waals surface area contributed by atoms with Crippen LogP contribution < -0.4 is 0 Å². The number of hydrogen-bond acceptors (Lipinski definition) is 2. The van der Waals surface area contributed by atoms with E-state index in [1.165, 1.54) is 12.2 Å². The lowest BCUT2D eigenvalue weighted by atomic mass is 10.2. The molecule has 0 bridgehead atoms. The number of thioether (sulfide) groups is 1. The highest BCUT2D eigenvalue weighted by Crippen LogP contribution is 2.04. The second-order valence-corrected chi connectivity index (χ2v) is 3.48. The lowest BCUT2D eigenvalue weighted by molar-refractivity contribution is -0.118. The van der Waals surface area contributed by atoms with Gasteiger partial charge in [0.1, 0.15) is 5.78 Å². The summed E-state index contributed by atoms with van der Waals surface area (Å²) in [4.78, 5) is 10.8. The normalized spacial score (nSPS) is 9.80. The average molecular weight is 160 g/mol. The Labute approximate surface area is 67.6 Å². The molecule has 0 amide bonds. The summed E-state index contributed by atoms with van der Waals surface area (Å²) in [5.41, 5.74) is 0. The Kier molecular flexibility index (Phi) is 7.15. The van der Waals surface area contributed by atoms with Gasteiger partial charge in [-0.3, -0.25) is 4.79 Å². The van der Waals surface area contributed by atoms with E-state index in [4.69, 9.17) is 0 Å². The third kappa shape index (κ3) is 6.14. The zero-order chi connectivity index (χ0) is 7.82. The molecule has 0 fully saturated rings. The van der Waals surface area contributed by atoms with Crippen molar-refractivity contribution < 1.29 is 4.79 Å². The smallest absolute Gasteiger partial charge is 0.133 e. The maximum atomic E-state index is 10.8. The fourth-order valence-corrected chi connectivity index (χ4v) is 1.47. The molecule has 0 N–H and O–H groups in total. The highest BCUT2D eigenvalue weighted by molar-refractivity contribution is 7.99. The van der Waals surface area contributed by atoms with Crippen molar-refractivity contribution in [3.8, 4) is 0 Å². The Morgan fingerprint density at radius 2 is 2.00 bits per heavy atom. The molecule has 0 unspecified atom stereocenters. The van der Waals surface area contributed by atoms with Crippen LogP contribution in [0.2, 0.25) is 0 Å². The molecule has 0 saturated heterocycles. The van der Waals surface area contributed by atoms with E-state index in [-0.39, 0.29) is 0 Å². The second kappa shape index (κ2) is 7.13. The van der Waals surface area contributed by atoms with E-state index < -0.39 is 0 Å². The number of carbonyl (C=O) groups is 1. The van der Waals surface area contributed by atoms with Crippen LogP contribution in [0.5, 0.6) is 0 Å². The van der Waals surface area contributed by atoms with Crippen LogP contribution in [0.4, 0.5) is 0 Å². The number of Topliss-reactive ketones (excluding diaryl/α,β-unsaturated/α-hetero) is 1. The second-order valence-electron chi connectivity index (χ2n) is 2.25. The predicted octanol–water partition coefficient (Wildman–Crippen LogP) is 2.50. The van der Waals surface area contributed by atoms with E-state index in [2.05, 4.69) is 6.92 Å². The van der Waals surface area contributed by atoms with Gasteiger partial charge in [0.15, 0.2) is 0 Å². The molecular formula is C8H16OS. The molecule has 1 nitrogen and oxygen atoms in total. The van der Waals surface area contributed by atoms with Crippen LogP contribution in [0.25, 0.3) is 0 Å². The first-order chi connectivity index (χ1) is 4.81. The molecule has 0 aliphatic rings. The molecule has 0 aliphatic heterocycles. The molecule has 10 heavy (non-hydrogen) atoms. The third-order valence-electron chi connectivity index (χ3n) is 1.27. The molecule has 0 aromatic heterocycles. The lowest BCUT2D eigenvalue weighted by Crippen LogP contribution is -1.96. The standard InChI is InChI=1S/C8H16OS/c1-3-6-10-7-5-8(9)4-2/h3-7H2,1-2H3. The van der Waals surface area contributed by atoms with Gasteiger partial charge in [-0.25, -0.2) is 0 Å². The summed E-state index contributed by atoms with van der Waals surface area (Å²) in [5.74, 6) is 2.60. The SMILES string of the molecule is CCCSCCC(=O)CC. The summed E-state index contributed by atoms with van der Waals surface area (Å²) < 4.78 is 0. The Morgan fingerprint density at radius 3 is 2.50 bits per heavy atom. The zero-order valence-corrected chi connectivity index (χ0v) is 7.67. The van der Waals surface area contributed by atoms with Crippen LogP contribution >= 0.6 is 11.8 Å². The Morgan fingerprint density at radius 1 is 1.30 bits per heavy atom. The first kappa shape index (κ1) is 10.0. The fraction of sp³-hybridized carbons (Fsp3) is 0.875. The van der Waals surface area contributed by atoms with E-state index >= 15 is 0 Å². The van der Waals surface area contributed by atoms with Crippen LogP contribution in [0.3, 0.4) is 0 Å². The summed E-state index contributed by atoms with van der Waals surface area (Å²) in [5, 5.41) is 0. The van der Waals surface area contributed by atoms with Crippen LogP contribution in [0, 0.1) is 0 Å². The minimum Gasteiger partial charge on any atom is -0.300 e. The number of ketones is 1. The summed E-state index contributed by atoms with van der Waals surface area (Å²) in [6.07, 6.45) is 2.68. The van der Waals surface area contributed by atoms with Gasteiger partial charge in [0, 0.05) is 18.6 Å². The van der Waals surface area contributed by atoms with E-state index in [0.717, 1.165) is 12.2 Å². The Bertz CT molecular complexity index is 91.3. The van der Waals surface area contributed by atoms with Gasteiger partial charge in [-0.1, -0.05) is 13.8 Å². The van der Waals surface area contributed by atoms with Gasteiger partial charge in [0.25, 0.3) is 0 Å². The van der Waals surface area contributed by atoms with E-state index in [1.54, 1.807) is 0 Å². The quantitative estimate of drug-likeness (QED) is 0.555. The van der Waals surface area contributed by atoms with Gasteiger partial charge in [0.2, 0.25) is 0 Å². The molecule has 60 valence electrons. The van der Waals surface area contributed by atoms with Crippen molar-refractivity contribution in [1.82, 2.24) is 0 Å². The summed E-state index contributed by atoms with van der Waals surface area (Å²) in [6.45, 7) is 4.08. The molecule has 0 aliphatic carbocycles. The molecule has 0 radical (unpaired) electrons. The first-order valence-electron chi connectivity index (χ1n) is 3.90. The lowest BCUT2D eigenvalue weighted by Gasteiger charge is -1.96. The molecule has 0 aromatic rings. The van der Waals surface area contributed by atoms with Gasteiger partial charge in [-0.2, -0.15) is 11.8 Å². The van der Waals surface area contributed by atoms with Crippen molar-refractivity contribution in [3.05, 3.63) is 0 Å². The highest BCUT2D eigenvalue weighted by atomic mass is 32.2. The van der Waals surface area contributed by atoms with E-state index in [1.807, 2.05) is 18.7 Å². The van der Waals surface area contributed by atoms with Crippen LogP contribution in [0.15, 0.2) is 0 Å². The van der Waals surface area contributed by atoms with Gasteiger partial charge >= 0.3 is 0 Å². The zero-order valence-electron chi connectivity index (χ0n) is 6.85. The molecule has 0 aromatic carbocycles. The maximum Gasteiger partial charge on any atom is 0.133 e. The molecule has 2 heteroatoms. The van der Waals surface area contributed by atoms with Gasteiger partial charge in [0.05, 0.1) is 0 Å². The fourth-order valence-electron chi connectivity index (χ4n) is 0.609. The molecule has 0 heterocycles. The average Bonchev–Trinajstić information content (AvgIpc) is 1.98. The van der Waals surface area contributed by atoms with Crippen LogP contribution in [-0.2, 0) is 4.79 Å². The largest absolute Gasteiger partial charge is 0.300 e. The molecule has 0 spiro atoms. The third-order valence-corrected chi connectivity index (χ3v) is 2.46. The van der Waals surface area contributed by atoms with Crippen LogP contribution in [-0.4, -0.2) is 17.3 Å². The molecule has 0 rings (SSSR count). The van der Waals surface area contributed by atoms with E-state index in [0.29, 0.717) is 12.2 Å². The topological polar surface area (TPSA) is 17.1 Å². The maximum absolute atomic E-state index is 10.8. The van der Waals surface area contributed by atoms with Crippen molar-refractivity contribution in [2.75, 3.05) is 11.5 Å². The highest BCUT2D eigenvalue weighted by Gasteiger charge is 1.96. The first-order valence-corrected chi connectivity index (χ1v) is 5.06. The number of carbonyl (C=O) groups excluding carboxylic acids is 1. The minimum atomic E-state index is 0.392. The Hall–Kier alpha value is 0.0200. The van der Waals surface area contributed by atoms with Gasteiger partial charge in [-0.15, -0.1) is 0 Å². The predicted molar refractivity (Wildman–Crippen MR) is 47.5 cm³/mol. The summed E-state index contributed by atoms with van der Waals surface area (Å²) in [6, 6.07) is 0. The van der Waals surface area contributed by atoms with Crippen LogP contribution in [0.1, 0.15) is 33.1 Å².